The van der Waals surface area contributed by atoms with Gasteiger partial charge in [-0.25, -0.2) is 8.42 Å². The zero-order valence-corrected chi connectivity index (χ0v) is 18.2. The van der Waals surface area contributed by atoms with E-state index in [0.29, 0.717) is 22.0 Å². The van der Waals surface area contributed by atoms with Crippen LogP contribution in [0.5, 0.6) is 0 Å². The van der Waals surface area contributed by atoms with Crippen molar-refractivity contribution >= 4 is 49.9 Å². The molecule has 1 N–H and O–H groups in total. The molecule has 158 valence electrons. The van der Waals surface area contributed by atoms with Crippen molar-refractivity contribution < 1.29 is 17.6 Å². The van der Waals surface area contributed by atoms with Crippen molar-refractivity contribution in [2.24, 2.45) is 0 Å². The molecular weight excluding hydrogens is 436 g/mol. The molecule has 8 heteroatoms. The Labute approximate surface area is 185 Å². The van der Waals surface area contributed by atoms with Gasteiger partial charge in [0.15, 0.2) is 0 Å². The number of nitrogens with one attached hydrogen (secondary N) is 1. The molecular formula is C23H19ClN2O4S. The van der Waals surface area contributed by atoms with E-state index in [1.165, 1.54) is 29.7 Å². The molecule has 0 aliphatic rings. The summed E-state index contributed by atoms with van der Waals surface area (Å²) in [6, 6.07) is 20.1. The van der Waals surface area contributed by atoms with E-state index >= 15 is 0 Å². The van der Waals surface area contributed by atoms with Crippen LogP contribution < -0.4 is 9.62 Å². The molecule has 6 nitrogen and oxygen atoms in total. The molecule has 0 aliphatic carbocycles. The fourth-order valence-corrected chi connectivity index (χ4v) is 4.58. The Hall–Kier alpha value is -3.29. The Kier molecular flexibility index (Phi) is 5.71. The molecule has 1 heterocycles. The smallest absolute Gasteiger partial charge is 0.264 e. The van der Waals surface area contributed by atoms with E-state index in [1.807, 2.05) is 6.07 Å². The summed E-state index contributed by atoms with van der Waals surface area (Å²) in [6.45, 7) is 0. The normalized spacial score (nSPS) is 11.4. The van der Waals surface area contributed by atoms with E-state index in [4.69, 9.17) is 16.0 Å². The number of para-hydroxylation sites is 1. The van der Waals surface area contributed by atoms with Crippen molar-refractivity contribution in [3.05, 3.63) is 89.6 Å². The molecule has 4 aromatic rings. The molecule has 4 rings (SSSR count). The molecule has 0 saturated heterocycles. The lowest BCUT2D eigenvalue weighted by Crippen LogP contribution is -2.26. The van der Waals surface area contributed by atoms with Crippen molar-refractivity contribution in [2.75, 3.05) is 16.7 Å². The highest BCUT2D eigenvalue weighted by Crippen LogP contribution is 2.26. The highest BCUT2D eigenvalue weighted by molar-refractivity contribution is 7.92. The number of anilines is 2. The molecule has 1 amide bonds. The van der Waals surface area contributed by atoms with Gasteiger partial charge >= 0.3 is 0 Å². The Bertz CT molecular complexity index is 1330. The number of amides is 1. The largest absolute Gasteiger partial charge is 0.464 e. The second-order valence-electron chi connectivity index (χ2n) is 6.96. The van der Waals surface area contributed by atoms with Gasteiger partial charge in [-0.2, -0.15) is 0 Å². The number of rotatable bonds is 6. The van der Waals surface area contributed by atoms with Crippen LogP contribution >= 0.6 is 11.6 Å². The van der Waals surface area contributed by atoms with Gasteiger partial charge in [-0.05, 0) is 54.6 Å². The molecule has 0 unspecified atom stereocenters. The van der Waals surface area contributed by atoms with E-state index in [9.17, 15) is 13.2 Å². The first-order valence-electron chi connectivity index (χ1n) is 9.44. The average molecular weight is 455 g/mol. The summed E-state index contributed by atoms with van der Waals surface area (Å²) in [5, 5.41) is 4.13. The zero-order chi connectivity index (χ0) is 22.0. The Morgan fingerprint density at radius 1 is 1.03 bits per heavy atom. The van der Waals surface area contributed by atoms with Gasteiger partial charge in [0.2, 0.25) is 5.91 Å². The van der Waals surface area contributed by atoms with Gasteiger partial charge < -0.3 is 9.73 Å². The van der Waals surface area contributed by atoms with E-state index in [-0.39, 0.29) is 17.2 Å². The van der Waals surface area contributed by atoms with Gasteiger partial charge in [0, 0.05) is 28.7 Å². The van der Waals surface area contributed by atoms with Crippen LogP contribution in [0.2, 0.25) is 5.02 Å². The Morgan fingerprint density at radius 3 is 2.45 bits per heavy atom. The van der Waals surface area contributed by atoms with Crippen LogP contribution in [-0.2, 0) is 21.2 Å². The maximum Gasteiger partial charge on any atom is 0.264 e. The van der Waals surface area contributed by atoms with Crippen LogP contribution in [0.4, 0.5) is 11.4 Å². The van der Waals surface area contributed by atoms with E-state index < -0.39 is 10.0 Å². The quantitative estimate of drug-likeness (QED) is 0.440. The summed E-state index contributed by atoms with van der Waals surface area (Å²) < 4.78 is 32.4. The molecule has 0 fully saturated rings. The molecule has 0 spiro atoms. The summed E-state index contributed by atoms with van der Waals surface area (Å²) in [7, 11) is -2.21. The van der Waals surface area contributed by atoms with E-state index in [2.05, 4.69) is 5.32 Å². The highest BCUT2D eigenvalue weighted by Gasteiger charge is 2.21. The minimum atomic E-state index is -3.71. The van der Waals surface area contributed by atoms with Crippen LogP contribution in [-0.4, -0.2) is 21.4 Å². The van der Waals surface area contributed by atoms with Crippen molar-refractivity contribution in [1.29, 1.82) is 0 Å². The fraction of sp³-hybridized carbons (Fsp3) is 0.0870. The maximum atomic E-state index is 12.8. The first kappa shape index (κ1) is 21.0. The molecule has 31 heavy (non-hydrogen) atoms. The molecule has 0 saturated carbocycles. The van der Waals surface area contributed by atoms with Crippen molar-refractivity contribution in [3.63, 3.8) is 0 Å². The van der Waals surface area contributed by atoms with Crippen LogP contribution in [0.25, 0.3) is 11.0 Å². The Morgan fingerprint density at radius 2 is 1.74 bits per heavy atom. The lowest BCUT2D eigenvalue weighted by atomic mass is 10.1. The van der Waals surface area contributed by atoms with Crippen LogP contribution in [0, 0.1) is 0 Å². The van der Waals surface area contributed by atoms with Gasteiger partial charge in [-0.1, -0.05) is 29.8 Å². The number of furan rings is 1. The minimum Gasteiger partial charge on any atom is -0.464 e. The number of benzene rings is 3. The molecule has 0 radical (unpaired) electrons. The second kappa shape index (κ2) is 8.45. The molecule has 0 bridgehead atoms. The fourth-order valence-electron chi connectivity index (χ4n) is 3.21. The van der Waals surface area contributed by atoms with E-state index in [1.54, 1.807) is 54.6 Å². The van der Waals surface area contributed by atoms with Crippen molar-refractivity contribution in [3.8, 4) is 0 Å². The monoisotopic (exact) mass is 454 g/mol. The molecule has 3 aromatic carbocycles. The topological polar surface area (TPSA) is 79.6 Å². The third kappa shape index (κ3) is 4.42. The number of halogens is 1. The highest BCUT2D eigenvalue weighted by atomic mass is 35.5. The summed E-state index contributed by atoms with van der Waals surface area (Å²) in [6.07, 6.45) is 1.64. The van der Waals surface area contributed by atoms with E-state index in [0.717, 1.165) is 10.9 Å². The summed E-state index contributed by atoms with van der Waals surface area (Å²) in [5.74, 6) is -0.250. The van der Waals surface area contributed by atoms with Gasteiger partial charge in [0.25, 0.3) is 10.0 Å². The number of nitrogens with zero attached hydrogens (tertiary/aromatic N) is 1. The summed E-state index contributed by atoms with van der Waals surface area (Å²) in [4.78, 5) is 12.6. The number of hydrogen-bond donors (Lipinski definition) is 1. The molecule has 0 aliphatic heterocycles. The number of sulfonamides is 1. The first-order chi connectivity index (χ1) is 14.8. The number of fused-ring (bicyclic) bond motifs is 1. The predicted octanol–water partition coefficient (Wildman–Crippen LogP) is 5.09. The van der Waals surface area contributed by atoms with Crippen LogP contribution in [0.3, 0.4) is 0 Å². The van der Waals surface area contributed by atoms with Crippen molar-refractivity contribution in [2.45, 2.75) is 11.3 Å². The zero-order valence-electron chi connectivity index (χ0n) is 16.6. The molecule has 0 atom stereocenters. The average Bonchev–Trinajstić information content (AvgIpc) is 3.15. The summed E-state index contributed by atoms with van der Waals surface area (Å²) in [5.41, 5.74) is 2.44. The lowest BCUT2D eigenvalue weighted by Gasteiger charge is -2.19. The van der Waals surface area contributed by atoms with Crippen LogP contribution in [0.1, 0.15) is 5.56 Å². The number of carbonyl (C=O) groups is 1. The third-order valence-electron chi connectivity index (χ3n) is 4.88. The number of hydrogen-bond acceptors (Lipinski definition) is 4. The lowest BCUT2D eigenvalue weighted by molar-refractivity contribution is -0.115. The Balaban J connectivity index is 1.46. The maximum absolute atomic E-state index is 12.8. The van der Waals surface area contributed by atoms with Crippen molar-refractivity contribution in [1.82, 2.24) is 0 Å². The number of carbonyl (C=O) groups excluding carboxylic acids is 1. The first-order valence-corrected chi connectivity index (χ1v) is 11.3. The third-order valence-corrected chi connectivity index (χ3v) is 6.92. The van der Waals surface area contributed by atoms with Gasteiger partial charge in [-0.15, -0.1) is 0 Å². The predicted molar refractivity (Wildman–Crippen MR) is 122 cm³/mol. The standard InChI is InChI=1S/C23H19ClN2O4S/c1-26(19-5-3-2-4-6-19)31(28,29)20-10-8-18(9-11-20)25-23(27)13-16-15-30-22-12-7-17(24)14-21(16)22/h2-12,14-15H,13H2,1H3,(H,25,27). The van der Waals surface area contributed by atoms with Gasteiger partial charge in [-0.3, -0.25) is 9.10 Å². The van der Waals surface area contributed by atoms with Crippen LogP contribution in [0.15, 0.2) is 88.4 Å². The molecule has 1 aromatic heterocycles. The summed E-state index contributed by atoms with van der Waals surface area (Å²) >= 11 is 6.03. The minimum absolute atomic E-state index is 0.101. The van der Waals surface area contributed by atoms with Gasteiger partial charge in [0.1, 0.15) is 5.58 Å². The second-order valence-corrected chi connectivity index (χ2v) is 9.36. The SMILES string of the molecule is CN(c1ccccc1)S(=O)(=O)c1ccc(NC(=O)Cc2coc3ccc(Cl)cc23)cc1. The van der Waals surface area contributed by atoms with Gasteiger partial charge in [0.05, 0.1) is 23.3 Å².